The number of anilines is 1. The van der Waals surface area contributed by atoms with E-state index < -0.39 is 10.0 Å². The molecule has 0 amide bonds. The van der Waals surface area contributed by atoms with Crippen molar-refractivity contribution in [1.82, 2.24) is 0 Å². The topological polar surface area (TPSA) is 95.4 Å². The maximum absolute atomic E-state index is 11.3. The smallest absolute Gasteiger partial charge is 0.240 e. The van der Waals surface area contributed by atoms with E-state index in [1.165, 1.54) is 18.2 Å². The lowest BCUT2D eigenvalue weighted by Crippen LogP contribution is -2.14. The summed E-state index contributed by atoms with van der Waals surface area (Å²) < 4.78 is 28.5. The molecule has 0 aliphatic rings. The molecule has 0 aliphatic carbocycles. The van der Waals surface area contributed by atoms with Gasteiger partial charge in [0.15, 0.2) is 0 Å². The molecule has 4 N–H and O–H groups in total. The summed E-state index contributed by atoms with van der Waals surface area (Å²) >= 11 is 0. The Hall–Kier alpha value is -2.05. The highest BCUT2D eigenvalue weighted by atomic mass is 32.2. The molecule has 0 bridgehead atoms. The first-order chi connectivity index (χ1) is 9.79. The Bertz CT molecular complexity index is 755. The highest BCUT2D eigenvalue weighted by Gasteiger charge is 2.14. The lowest BCUT2D eigenvalue weighted by Gasteiger charge is -2.14. The Morgan fingerprint density at radius 3 is 2.33 bits per heavy atom. The predicted molar refractivity (Wildman–Crippen MR) is 82.8 cm³/mol. The maximum Gasteiger partial charge on any atom is 0.240 e. The summed E-state index contributed by atoms with van der Waals surface area (Å²) in [6, 6.07) is 12.0. The number of nitrogens with two attached hydrogens (primary N) is 2. The molecule has 0 radical (unpaired) electrons. The summed E-state index contributed by atoms with van der Waals surface area (Å²) in [6.07, 6.45) is 0. The van der Waals surface area contributed by atoms with Crippen molar-refractivity contribution < 1.29 is 13.2 Å². The zero-order chi connectivity index (χ0) is 15.6. The summed E-state index contributed by atoms with van der Waals surface area (Å²) in [5, 5.41) is 5.08. The summed E-state index contributed by atoms with van der Waals surface area (Å²) in [5.74, 6) is 1.49. The molecular weight excluding hydrogens is 288 g/mol. The van der Waals surface area contributed by atoms with Gasteiger partial charge in [-0.25, -0.2) is 13.6 Å². The Kier molecular flexibility index (Phi) is 4.20. The number of hydrogen-bond donors (Lipinski definition) is 2. The number of benzene rings is 2. The lowest BCUT2D eigenvalue weighted by molar-refractivity contribution is 0.473. The van der Waals surface area contributed by atoms with Crippen molar-refractivity contribution in [2.24, 2.45) is 5.14 Å². The van der Waals surface area contributed by atoms with Crippen LogP contribution in [-0.4, -0.2) is 8.42 Å². The zero-order valence-electron chi connectivity index (χ0n) is 11.9. The highest BCUT2D eigenvalue weighted by Crippen LogP contribution is 2.32. The van der Waals surface area contributed by atoms with Crippen molar-refractivity contribution in [3.05, 3.63) is 48.0 Å². The first-order valence-corrected chi connectivity index (χ1v) is 8.03. The van der Waals surface area contributed by atoms with Crippen LogP contribution in [0.3, 0.4) is 0 Å². The summed E-state index contributed by atoms with van der Waals surface area (Å²) in [7, 11) is -3.83. The van der Waals surface area contributed by atoms with Gasteiger partial charge in [-0.1, -0.05) is 32.0 Å². The van der Waals surface area contributed by atoms with E-state index in [0.29, 0.717) is 11.7 Å². The average Bonchev–Trinajstić information content (AvgIpc) is 2.37. The predicted octanol–water partition coefficient (Wildman–Crippen LogP) is 2.83. The third kappa shape index (κ3) is 3.53. The second kappa shape index (κ2) is 5.75. The van der Waals surface area contributed by atoms with E-state index in [4.69, 9.17) is 15.6 Å². The van der Waals surface area contributed by atoms with Gasteiger partial charge in [0, 0.05) is 6.07 Å². The van der Waals surface area contributed by atoms with Crippen LogP contribution in [0.2, 0.25) is 0 Å². The largest absolute Gasteiger partial charge is 0.457 e. The minimum Gasteiger partial charge on any atom is -0.457 e. The van der Waals surface area contributed by atoms with Crippen LogP contribution < -0.4 is 15.6 Å². The third-order valence-corrected chi connectivity index (χ3v) is 4.04. The molecule has 6 heteroatoms. The van der Waals surface area contributed by atoms with Crippen molar-refractivity contribution in [1.29, 1.82) is 0 Å². The van der Waals surface area contributed by atoms with Crippen molar-refractivity contribution in [2.75, 3.05) is 5.73 Å². The van der Waals surface area contributed by atoms with Crippen LogP contribution in [0.4, 0.5) is 5.69 Å². The van der Waals surface area contributed by atoms with Gasteiger partial charge in [0.25, 0.3) is 0 Å². The van der Waals surface area contributed by atoms with E-state index >= 15 is 0 Å². The molecule has 2 aromatic rings. The van der Waals surface area contributed by atoms with Crippen LogP contribution in [0.1, 0.15) is 25.3 Å². The zero-order valence-corrected chi connectivity index (χ0v) is 12.7. The quantitative estimate of drug-likeness (QED) is 0.849. The molecule has 0 saturated carbocycles. The second-order valence-corrected chi connectivity index (χ2v) is 6.57. The van der Waals surface area contributed by atoms with E-state index in [-0.39, 0.29) is 10.6 Å². The number of primary sulfonamides is 1. The van der Waals surface area contributed by atoms with Gasteiger partial charge >= 0.3 is 0 Å². The van der Waals surface area contributed by atoms with Gasteiger partial charge in [-0.3, -0.25) is 0 Å². The van der Waals surface area contributed by atoms with Crippen molar-refractivity contribution >= 4 is 15.7 Å². The summed E-state index contributed by atoms with van der Waals surface area (Å²) in [6.45, 7) is 4.14. The number of ether oxygens (including phenoxy) is 1. The maximum atomic E-state index is 11.3. The van der Waals surface area contributed by atoms with Gasteiger partial charge in [0.1, 0.15) is 16.4 Å². The number of rotatable bonds is 4. The van der Waals surface area contributed by atoms with Crippen LogP contribution in [0.25, 0.3) is 0 Å². The van der Waals surface area contributed by atoms with Gasteiger partial charge in [-0.15, -0.1) is 0 Å². The molecule has 0 heterocycles. The first kappa shape index (κ1) is 15.3. The Labute approximate surface area is 124 Å². The van der Waals surface area contributed by atoms with Crippen molar-refractivity contribution in [2.45, 2.75) is 24.7 Å². The number of hydrogen-bond acceptors (Lipinski definition) is 4. The molecule has 21 heavy (non-hydrogen) atoms. The van der Waals surface area contributed by atoms with Crippen LogP contribution >= 0.6 is 0 Å². The second-order valence-electron chi connectivity index (χ2n) is 5.04. The number of sulfonamides is 1. The highest BCUT2D eigenvalue weighted by molar-refractivity contribution is 7.89. The van der Waals surface area contributed by atoms with Gasteiger partial charge in [0.05, 0.1) is 5.69 Å². The molecule has 0 unspecified atom stereocenters. The SMILES string of the molecule is CC(C)c1ccccc1Oc1ccc(S(N)(=O)=O)c(N)c1. The van der Waals surface area contributed by atoms with Gasteiger partial charge in [-0.05, 0) is 29.7 Å². The summed E-state index contributed by atoms with van der Waals surface area (Å²) in [4.78, 5) is -0.105. The monoisotopic (exact) mass is 306 g/mol. The van der Waals surface area contributed by atoms with Crippen molar-refractivity contribution in [3.8, 4) is 11.5 Å². The van der Waals surface area contributed by atoms with Gasteiger partial charge < -0.3 is 10.5 Å². The fraction of sp³-hybridized carbons (Fsp3) is 0.200. The molecule has 2 aromatic carbocycles. The Morgan fingerprint density at radius 2 is 1.76 bits per heavy atom. The molecule has 2 rings (SSSR count). The molecule has 112 valence electrons. The number of para-hydroxylation sites is 1. The minimum atomic E-state index is -3.83. The first-order valence-electron chi connectivity index (χ1n) is 6.48. The van der Waals surface area contributed by atoms with E-state index in [1.807, 2.05) is 24.3 Å². The Morgan fingerprint density at radius 1 is 1.10 bits per heavy atom. The third-order valence-electron chi connectivity index (χ3n) is 3.06. The molecule has 0 atom stereocenters. The molecule has 0 aliphatic heterocycles. The number of nitrogen functional groups attached to an aromatic ring is 1. The minimum absolute atomic E-state index is 0.0667. The molecular formula is C15H18N2O3S. The summed E-state index contributed by atoms with van der Waals surface area (Å²) in [5.41, 5.74) is 6.85. The van der Waals surface area contributed by atoms with Crippen LogP contribution in [0.15, 0.2) is 47.4 Å². The van der Waals surface area contributed by atoms with E-state index in [2.05, 4.69) is 13.8 Å². The van der Waals surface area contributed by atoms with Crippen LogP contribution in [0, 0.1) is 0 Å². The van der Waals surface area contributed by atoms with E-state index in [1.54, 1.807) is 0 Å². The average molecular weight is 306 g/mol. The molecule has 5 nitrogen and oxygen atoms in total. The fourth-order valence-corrected chi connectivity index (χ4v) is 2.67. The standard InChI is InChI=1S/C15H18N2O3S/c1-10(2)12-5-3-4-6-14(12)20-11-7-8-15(13(16)9-11)21(17,18)19/h3-10H,16H2,1-2H3,(H2,17,18,19). The van der Waals surface area contributed by atoms with Crippen LogP contribution in [-0.2, 0) is 10.0 Å². The lowest BCUT2D eigenvalue weighted by atomic mass is 10.0. The van der Waals surface area contributed by atoms with Gasteiger partial charge in [-0.2, -0.15) is 0 Å². The fourth-order valence-electron chi connectivity index (χ4n) is 2.03. The molecule has 0 aromatic heterocycles. The van der Waals surface area contributed by atoms with Gasteiger partial charge in [0.2, 0.25) is 10.0 Å². The van der Waals surface area contributed by atoms with Crippen LogP contribution in [0.5, 0.6) is 11.5 Å². The van der Waals surface area contributed by atoms with Crippen molar-refractivity contribution in [3.63, 3.8) is 0 Å². The molecule has 0 spiro atoms. The normalized spacial score (nSPS) is 11.6. The van der Waals surface area contributed by atoms with E-state index in [0.717, 1.165) is 11.3 Å². The Balaban J connectivity index is 2.36. The molecule has 0 saturated heterocycles. The molecule has 0 fully saturated rings. The van der Waals surface area contributed by atoms with E-state index in [9.17, 15) is 8.42 Å².